The fourth-order valence-corrected chi connectivity index (χ4v) is 10.8. The first-order valence-corrected chi connectivity index (χ1v) is 19.7. The van der Waals surface area contributed by atoms with Gasteiger partial charge in [-0.15, -0.1) is 0 Å². The lowest BCUT2D eigenvalue weighted by Gasteiger charge is -2.49. The lowest BCUT2D eigenvalue weighted by molar-refractivity contribution is -0.142. The van der Waals surface area contributed by atoms with Crippen LogP contribution in [0.3, 0.4) is 0 Å². The molecule has 0 aliphatic carbocycles. The third-order valence-electron chi connectivity index (χ3n) is 8.73. The van der Waals surface area contributed by atoms with Crippen LogP contribution in [0.15, 0.2) is 104 Å². The van der Waals surface area contributed by atoms with Gasteiger partial charge in [0.15, 0.2) is 25.8 Å². The fraction of sp³-hybridized carbons (Fsp3) is 0.389. The monoisotopic (exact) mass is 616 g/mol. The van der Waals surface area contributed by atoms with E-state index in [2.05, 4.69) is 85.5 Å². The molecule has 0 heterocycles. The molecule has 0 bridgehead atoms. The topological polar surface area (TPSA) is 61.8 Å². The van der Waals surface area contributed by atoms with E-state index in [9.17, 15) is 9.59 Å². The molecule has 43 heavy (non-hydrogen) atoms. The number of ketones is 1. The maximum Gasteiger partial charge on any atom is 0.338 e. The molecular weight excluding hydrogens is 569 g/mol. The van der Waals surface area contributed by atoms with Crippen LogP contribution in [0.25, 0.3) is 0 Å². The van der Waals surface area contributed by atoms with Crippen LogP contribution < -0.4 is 10.4 Å². The van der Waals surface area contributed by atoms with Crippen LogP contribution >= 0.6 is 0 Å². The highest BCUT2D eigenvalue weighted by molar-refractivity contribution is 6.99. The maximum absolute atomic E-state index is 14.1. The molecule has 0 fully saturated rings. The van der Waals surface area contributed by atoms with E-state index in [1.165, 1.54) is 6.08 Å². The fourth-order valence-electron chi connectivity index (χ4n) is 5.02. The molecule has 0 amide bonds. The number of benzene rings is 3. The molecule has 3 aromatic rings. The van der Waals surface area contributed by atoms with Gasteiger partial charge in [-0.25, -0.2) is 4.79 Å². The number of esters is 1. The number of hydrogen-bond acceptors (Lipinski definition) is 5. The summed E-state index contributed by atoms with van der Waals surface area (Å²) in [6, 6.07) is 29.0. The van der Waals surface area contributed by atoms with Gasteiger partial charge in [-0.3, -0.25) is 4.79 Å². The molecule has 0 radical (unpaired) electrons. The van der Waals surface area contributed by atoms with Crippen LogP contribution in [0.1, 0.15) is 58.8 Å². The number of rotatable bonds is 12. The quantitative estimate of drug-likeness (QED) is 0.121. The highest BCUT2D eigenvalue weighted by Crippen LogP contribution is 2.42. The smallest absolute Gasteiger partial charge is 0.338 e. The van der Waals surface area contributed by atoms with Gasteiger partial charge in [-0.1, -0.05) is 127 Å². The molecule has 0 N–H and O–H groups in total. The van der Waals surface area contributed by atoms with Gasteiger partial charge >= 0.3 is 5.97 Å². The molecule has 0 saturated carbocycles. The van der Waals surface area contributed by atoms with Crippen molar-refractivity contribution in [3.05, 3.63) is 109 Å². The Morgan fingerprint density at radius 3 is 1.58 bits per heavy atom. The summed E-state index contributed by atoms with van der Waals surface area (Å²) in [4.78, 5) is 27.7. The molecule has 5 nitrogen and oxygen atoms in total. The van der Waals surface area contributed by atoms with Crippen LogP contribution in [0.2, 0.25) is 23.2 Å². The first-order chi connectivity index (χ1) is 20.0. The van der Waals surface area contributed by atoms with Crippen molar-refractivity contribution in [1.82, 2.24) is 0 Å². The SMILES string of the molecule is C=CC(=O)[C@@](C)(O[Si](c1ccccc1)(c1ccccc1)C(C)(C)C)[C@H](CO[Si](C)(C)C(C)(C)C)OC(=O)c1ccccc1. The predicted octanol–water partition coefficient (Wildman–Crippen LogP) is 7.32. The highest BCUT2D eigenvalue weighted by Gasteiger charge is 2.58. The van der Waals surface area contributed by atoms with Gasteiger partial charge in [0.25, 0.3) is 8.32 Å². The van der Waals surface area contributed by atoms with E-state index in [-0.39, 0.29) is 17.4 Å². The van der Waals surface area contributed by atoms with Gasteiger partial charge in [0.2, 0.25) is 0 Å². The van der Waals surface area contributed by atoms with Crippen LogP contribution in [0.5, 0.6) is 0 Å². The van der Waals surface area contributed by atoms with E-state index >= 15 is 0 Å². The molecular formula is C36H48O5Si2. The van der Waals surface area contributed by atoms with Gasteiger partial charge < -0.3 is 13.6 Å². The van der Waals surface area contributed by atoms with Gasteiger partial charge in [-0.05, 0) is 58.7 Å². The molecule has 0 aliphatic heterocycles. The van der Waals surface area contributed by atoms with Crippen molar-refractivity contribution in [1.29, 1.82) is 0 Å². The predicted molar refractivity (Wildman–Crippen MR) is 181 cm³/mol. The standard InChI is InChI=1S/C36H48O5Si2/c1-11-31(37)36(8,32(27-39-42(9,10)34(2,3)4)40-33(38)28-21-15-12-16-22-28)41-43(35(5,6)7,29-23-17-13-18-24-29)30-25-19-14-20-26-30/h11-26,32H,1,27H2,2-10H3/t32-,36+/m0/s1. The molecule has 230 valence electrons. The minimum Gasteiger partial charge on any atom is -0.453 e. The van der Waals surface area contributed by atoms with E-state index < -0.39 is 39.3 Å². The summed E-state index contributed by atoms with van der Waals surface area (Å²) in [5.41, 5.74) is -1.22. The van der Waals surface area contributed by atoms with E-state index in [1.807, 2.05) is 42.5 Å². The minimum absolute atomic E-state index is 0.00332. The zero-order valence-corrected chi connectivity index (χ0v) is 29.3. The first kappa shape index (κ1) is 34.4. The summed E-state index contributed by atoms with van der Waals surface area (Å²) in [6.45, 7) is 22.7. The van der Waals surface area contributed by atoms with Crippen LogP contribution in [-0.2, 0) is 18.4 Å². The Balaban J connectivity index is 2.27. The van der Waals surface area contributed by atoms with E-state index in [0.29, 0.717) is 5.56 Å². The summed E-state index contributed by atoms with van der Waals surface area (Å²) in [5, 5.41) is 1.50. The summed E-state index contributed by atoms with van der Waals surface area (Å²) in [7, 11) is -5.59. The Kier molecular flexibility index (Phi) is 10.6. The Morgan fingerprint density at radius 2 is 1.19 bits per heavy atom. The normalized spacial score (nSPS) is 14.8. The molecule has 0 spiro atoms. The summed E-state index contributed by atoms with van der Waals surface area (Å²) >= 11 is 0. The van der Waals surface area contributed by atoms with Crippen molar-refractivity contribution >= 4 is 38.8 Å². The lowest BCUT2D eigenvalue weighted by Crippen LogP contribution is -2.72. The van der Waals surface area contributed by atoms with E-state index in [0.717, 1.165) is 10.4 Å². The Morgan fingerprint density at radius 1 is 0.744 bits per heavy atom. The molecule has 0 aromatic heterocycles. The Labute approximate surface area is 260 Å². The minimum atomic E-state index is -3.27. The third kappa shape index (κ3) is 7.35. The number of carbonyl (C=O) groups is 2. The van der Waals surface area contributed by atoms with Crippen molar-refractivity contribution in [3.8, 4) is 0 Å². The average Bonchev–Trinajstić information content (AvgIpc) is 2.97. The number of ether oxygens (including phenoxy) is 1. The van der Waals surface area contributed by atoms with Crippen LogP contribution in [-0.4, -0.2) is 46.7 Å². The largest absolute Gasteiger partial charge is 0.453 e. The molecule has 2 atom stereocenters. The molecule has 3 rings (SSSR count). The third-order valence-corrected chi connectivity index (χ3v) is 18.4. The van der Waals surface area contributed by atoms with Crippen LogP contribution in [0.4, 0.5) is 0 Å². The second kappa shape index (κ2) is 13.3. The average molecular weight is 617 g/mol. The number of hydrogen-bond donors (Lipinski definition) is 0. The Hall–Kier alpha value is -3.11. The second-order valence-corrected chi connectivity index (χ2v) is 22.8. The molecule has 0 unspecified atom stereocenters. The van der Waals surface area contributed by atoms with E-state index in [4.69, 9.17) is 13.6 Å². The zero-order valence-electron chi connectivity index (χ0n) is 27.3. The van der Waals surface area contributed by atoms with Crippen molar-refractivity contribution in [3.63, 3.8) is 0 Å². The van der Waals surface area contributed by atoms with Crippen LogP contribution in [0, 0.1) is 0 Å². The molecule has 3 aromatic carbocycles. The zero-order chi connectivity index (χ0) is 32.1. The van der Waals surface area contributed by atoms with E-state index in [1.54, 1.807) is 31.2 Å². The Bertz CT molecular complexity index is 1340. The number of carbonyl (C=O) groups excluding carboxylic acids is 2. The van der Waals surface area contributed by atoms with Crippen molar-refractivity contribution < 1.29 is 23.2 Å². The van der Waals surface area contributed by atoms with Gasteiger partial charge in [0.05, 0.1) is 12.2 Å². The van der Waals surface area contributed by atoms with Gasteiger partial charge in [-0.2, -0.15) is 0 Å². The maximum atomic E-state index is 14.1. The van der Waals surface area contributed by atoms with Crippen molar-refractivity contribution in [2.45, 2.75) is 83.3 Å². The molecule has 0 aliphatic rings. The van der Waals surface area contributed by atoms with Crippen molar-refractivity contribution in [2.24, 2.45) is 0 Å². The summed E-state index contributed by atoms with van der Waals surface area (Å²) < 4.78 is 20.3. The second-order valence-electron chi connectivity index (χ2n) is 13.8. The molecule has 0 saturated heterocycles. The van der Waals surface area contributed by atoms with Gasteiger partial charge in [0, 0.05) is 0 Å². The summed E-state index contributed by atoms with van der Waals surface area (Å²) in [5.74, 6) is -0.913. The van der Waals surface area contributed by atoms with Crippen molar-refractivity contribution in [2.75, 3.05) is 6.61 Å². The lowest BCUT2D eigenvalue weighted by atomic mass is 9.94. The highest BCUT2D eigenvalue weighted by atomic mass is 28.4. The summed E-state index contributed by atoms with van der Waals surface area (Å²) in [6.07, 6.45) is 0.217. The molecule has 7 heteroatoms. The first-order valence-electron chi connectivity index (χ1n) is 14.9. The van der Waals surface area contributed by atoms with Gasteiger partial charge in [0.1, 0.15) is 0 Å².